The standard InChI is InChI=1S/C27H26BrClN2O5/c1-35-26(33)24(16-20-15-21(29)12-13-22(20)28)30-25(32)23(14-18-8-4-2-5-9-18)31-27(34)36-17-19-10-6-3-7-11-19/h2-13,15,23-24H,14,16-17H2,1H3,(H,30,32)(H,31,34)/t23-,24+/m1/s1. The predicted octanol–water partition coefficient (Wildman–Crippen LogP) is 4.84. The summed E-state index contributed by atoms with van der Waals surface area (Å²) in [4.78, 5) is 38.4. The van der Waals surface area contributed by atoms with E-state index in [0.717, 1.165) is 15.6 Å². The minimum absolute atomic E-state index is 0.0555. The number of benzene rings is 3. The van der Waals surface area contributed by atoms with Crippen molar-refractivity contribution in [2.45, 2.75) is 31.5 Å². The van der Waals surface area contributed by atoms with Crippen LogP contribution in [0.25, 0.3) is 0 Å². The Morgan fingerprint density at radius 2 is 1.50 bits per heavy atom. The van der Waals surface area contributed by atoms with E-state index >= 15 is 0 Å². The third-order valence-corrected chi connectivity index (χ3v) is 6.35. The summed E-state index contributed by atoms with van der Waals surface area (Å²) in [5.74, 6) is -1.18. The molecule has 0 aliphatic rings. The zero-order valence-corrected chi connectivity index (χ0v) is 21.9. The highest BCUT2D eigenvalue weighted by molar-refractivity contribution is 9.10. The fourth-order valence-corrected chi connectivity index (χ4v) is 4.10. The van der Waals surface area contributed by atoms with Gasteiger partial charge in [-0.05, 0) is 34.9 Å². The molecule has 3 aromatic rings. The number of amides is 2. The van der Waals surface area contributed by atoms with E-state index in [1.165, 1.54) is 7.11 Å². The maximum atomic E-state index is 13.3. The molecule has 0 bridgehead atoms. The van der Waals surface area contributed by atoms with Crippen molar-refractivity contribution in [3.63, 3.8) is 0 Å². The zero-order chi connectivity index (χ0) is 25.9. The summed E-state index contributed by atoms with van der Waals surface area (Å²) in [6.07, 6.45) is -0.417. The highest BCUT2D eigenvalue weighted by Gasteiger charge is 2.28. The molecule has 0 spiro atoms. The van der Waals surface area contributed by atoms with E-state index in [0.29, 0.717) is 10.6 Å². The van der Waals surface area contributed by atoms with Crippen LogP contribution in [0, 0.1) is 0 Å². The van der Waals surface area contributed by atoms with Crippen LogP contribution in [0.4, 0.5) is 4.79 Å². The number of nitrogens with one attached hydrogen (secondary N) is 2. The summed E-state index contributed by atoms with van der Waals surface area (Å²) in [5.41, 5.74) is 2.36. The third-order valence-electron chi connectivity index (χ3n) is 5.34. The molecule has 0 aliphatic heterocycles. The minimum atomic E-state index is -1.00. The smallest absolute Gasteiger partial charge is 0.408 e. The number of carbonyl (C=O) groups is 3. The molecule has 0 saturated heterocycles. The Morgan fingerprint density at radius 3 is 2.14 bits per heavy atom. The summed E-state index contributed by atoms with van der Waals surface area (Å²) >= 11 is 9.55. The molecule has 188 valence electrons. The minimum Gasteiger partial charge on any atom is -0.467 e. The Bertz CT molecular complexity index is 1180. The van der Waals surface area contributed by atoms with Gasteiger partial charge in [-0.3, -0.25) is 4.79 Å². The number of methoxy groups -OCH3 is 1. The first kappa shape index (κ1) is 27.2. The number of halogens is 2. The van der Waals surface area contributed by atoms with Crippen LogP contribution in [0.1, 0.15) is 16.7 Å². The van der Waals surface area contributed by atoms with Crippen LogP contribution in [0.15, 0.2) is 83.3 Å². The first-order valence-electron chi connectivity index (χ1n) is 11.2. The fraction of sp³-hybridized carbons (Fsp3) is 0.222. The van der Waals surface area contributed by atoms with Gasteiger partial charge in [-0.15, -0.1) is 0 Å². The van der Waals surface area contributed by atoms with Crippen molar-refractivity contribution in [1.82, 2.24) is 10.6 Å². The van der Waals surface area contributed by atoms with Crippen molar-refractivity contribution in [2.75, 3.05) is 7.11 Å². The number of carbonyl (C=O) groups excluding carboxylic acids is 3. The first-order valence-corrected chi connectivity index (χ1v) is 12.4. The highest BCUT2D eigenvalue weighted by Crippen LogP contribution is 2.23. The van der Waals surface area contributed by atoms with Crippen molar-refractivity contribution in [2.24, 2.45) is 0 Å². The normalized spacial score (nSPS) is 12.2. The van der Waals surface area contributed by atoms with Crippen LogP contribution >= 0.6 is 27.5 Å². The molecule has 2 amide bonds. The predicted molar refractivity (Wildman–Crippen MR) is 140 cm³/mol. The van der Waals surface area contributed by atoms with Crippen LogP contribution in [0.3, 0.4) is 0 Å². The number of esters is 1. The van der Waals surface area contributed by atoms with Crippen LogP contribution in [0.5, 0.6) is 0 Å². The first-order chi connectivity index (χ1) is 17.4. The average molecular weight is 574 g/mol. The number of rotatable bonds is 10. The van der Waals surface area contributed by atoms with Crippen molar-refractivity contribution < 1.29 is 23.9 Å². The second-order valence-electron chi connectivity index (χ2n) is 7.97. The van der Waals surface area contributed by atoms with Gasteiger partial charge in [-0.25, -0.2) is 9.59 Å². The van der Waals surface area contributed by atoms with Crippen molar-refractivity contribution in [3.8, 4) is 0 Å². The Morgan fingerprint density at radius 1 is 0.861 bits per heavy atom. The van der Waals surface area contributed by atoms with E-state index in [9.17, 15) is 14.4 Å². The molecule has 0 saturated carbocycles. The van der Waals surface area contributed by atoms with E-state index in [-0.39, 0.29) is 19.4 Å². The van der Waals surface area contributed by atoms with Crippen LogP contribution < -0.4 is 10.6 Å². The largest absolute Gasteiger partial charge is 0.467 e. The van der Waals surface area contributed by atoms with Crippen LogP contribution in [0.2, 0.25) is 5.02 Å². The molecule has 0 fully saturated rings. The Labute approximate surface area is 223 Å². The molecule has 2 N–H and O–H groups in total. The van der Waals surface area contributed by atoms with Crippen LogP contribution in [-0.2, 0) is 38.5 Å². The molecule has 9 heteroatoms. The zero-order valence-electron chi connectivity index (χ0n) is 19.6. The second-order valence-corrected chi connectivity index (χ2v) is 9.26. The summed E-state index contributed by atoms with van der Waals surface area (Å²) in [5, 5.41) is 5.83. The molecule has 7 nitrogen and oxygen atoms in total. The quantitative estimate of drug-likeness (QED) is 0.339. The molecule has 0 aliphatic carbocycles. The molecule has 3 aromatic carbocycles. The number of ether oxygens (including phenoxy) is 2. The maximum absolute atomic E-state index is 13.3. The lowest BCUT2D eigenvalue weighted by Gasteiger charge is -2.23. The summed E-state index contributed by atoms with van der Waals surface area (Å²) in [6.45, 7) is 0.0555. The molecule has 3 rings (SSSR count). The summed E-state index contributed by atoms with van der Waals surface area (Å²) < 4.78 is 10.9. The number of hydrogen-bond donors (Lipinski definition) is 2. The monoisotopic (exact) mass is 572 g/mol. The SMILES string of the molecule is COC(=O)[C@H](Cc1cc(Cl)ccc1Br)NC(=O)[C@@H](Cc1ccccc1)NC(=O)OCc1ccccc1. The van der Waals surface area contributed by atoms with E-state index in [2.05, 4.69) is 26.6 Å². The van der Waals surface area contributed by atoms with Crippen molar-refractivity contribution in [3.05, 3.63) is 105 Å². The van der Waals surface area contributed by atoms with Gasteiger partial charge in [0.2, 0.25) is 5.91 Å². The van der Waals surface area contributed by atoms with Crippen molar-refractivity contribution in [1.29, 1.82) is 0 Å². The second kappa shape index (κ2) is 13.7. The molecule has 0 heterocycles. The van der Waals surface area contributed by atoms with E-state index in [1.807, 2.05) is 60.7 Å². The molecular weight excluding hydrogens is 548 g/mol. The van der Waals surface area contributed by atoms with E-state index in [4.69, 9.17) is 21.1 Å². The van der Waals surface area contributed by atoms with Gasteiger partial charge < -0.3 is 20.1 Å². The Balaban J connectivity index is 1.74. The molecule has 2 atom stereocenters. The van der Waals surface area contributed by atoms with E-state index < -0.39 is 30.1 Å². The Hall–Kier alpha value is -3.36. The fourth-order valence-electron chi connectivity index (χ4n) is 3.49. The van der Waals surface area contributed by atoms with Gasteiger partial charge in [-0.2, -0.15) is 0 Å². The Kier molecular flexibility index (Phi) is 10.3. The highest BCUT2D eigenvalue weighted by atomic mass is 79.9. The van der Waals surface area contributed by atoms with Crippen LogP contribution in [-0.4, -0.2) is 37.2 Å². The molecule has 0 aromatic heterocycles. The molecular formula is C27H26BrClN2O5. The summed E-state index contributed by atoms with van der Waals surface area (Å²) in [7, 11) is 1.25. The van der Waals surface area contributed by atoms with Gasteiger partial charge in [0, 0.05) is 22.3 Å². The lowest BCUT2D eigenvalue weighted by molar-refractivity contribution is -0.145. The number of hydrogen-bond acceptors (Lipinski definition) is 5. The van der Waals surface area contributed by atoms with Gasteiger partial charge in [0.1, 0.15) is 18.7 Å². The molecule has 36 heavy (non-hydrogen) atoms. The molecule has 0 unspecified atom stereocenters. The van der Waals surface area contributed by atoms with Gasteiger partial charge in [0.15, 0.2) is 0 Å². The van der Waals surface area contributed by atoms with E-state index in [1.54, 1.807) is 18.2 Å². The van der Waals surface area contributed by atoms with Gasteiger partial charge >= 0.3 is 12.1 Å². The lowest BCUT2D eigenvalue weighted by Crippen LogP contribution is -2.53. The lowest BCUT2D eigenvalue weighted by atomic mass is 10.0. The maximum Gasteiger partial charge on any atom is 0.408 e. The van der Waals surface area contributed by atoms with Gasteiger partial charge in [0.05, 0.1) is 7.11 Å². The molecule has 0 radical (unpaired) electrons. The van der Waals surface area contributed by atoms with Crippen molar-refractivity contribution >= 4 is 45.5 Å². The van der Waals surface area contributed by atoms with Gasteiger partial charge in [0.25, 0.3) is 0 Å². The third kappa shape index (κ3) is 8.39. The average Bonchev–Trinajstić information content (AvgIpc) is 2.89. The topological polar surface area (TPSA) is 93.7 Å². The summed E-state index contributed by atoms with van der Waals surface area (Å²) in [6, 6.07) is 21.6. The van der Waals surface area contributed by atoms with Gasteiger partial charge in [-0.1, -0.05) is 88.2 Å². The number of alkyl carbamates (subject to hydrolysis) is 1.